The molecule has 0 aliphatic carbocycles. The summed E-state index contributed by atoms with van der Waals surface area (Å²) in [5.74, 6) is -0.886. The predicted molar refractivity (Wildman–Crippen MR) is 261 cm³/mol. The second kappa shape index (κ2) is 50.3. The van der Waals surface area contributed by atoms with Gasteiger partial charge in [0.2, 0.25) is 0 Å². The van der Waals surface area contributed by atoms with Gasteiger partial charge in [0.05, 0.1) is 0 Å². The Balaban J connectivity index is 4.39. The molecule has 0 amide bonds. The van der Waals surface area contributed by atoms with Crippen LogP contribution in [0.3, 0.4) is 0 Å². The molecule has 0 atom stereocenters. The summed E-state index contributed by atoms with van der Waals surface area (Å²) in [5, 5.41) is 0. The molecule has 356 valence electrons. The SMILES string of the molecule is CCCCC/C=C\C/C=C\C/C=C\CCCCCCC(=O)OC(COC(=O)CCCCCCCCCCCCCCC)COC(=O)CCCCCCCCCCCCCCC. The van der Waals surface area contributed by atoms with Crippen molar-refractivity contribution in [3.8, 4) is 0 Å². The second-order valence-electron chi connectivity index (χ2n) is 17.8. The molecular weight excluding hydrogens is 757 g/mol. The van der Waals surface area contributed by atoms with Gasteiger partial charge in [-0.05, 0) is 57.8 Å². The Kier molecular flexibility index (Phi) is 48.3. The van der Waals surface area contributed by atoms with Gasteiger partial charge in [-0.25, -0.2) is 0 Å². The van der Waals surface area contributed by atoms with Crippen molar-refractivity contribution in [1.82, 2.24) is 0 Å². The Morgan fingerprint density at radius 2 is 0.590 bits per heavy atom. The molecule has 0 aromatic heterocycles. The Morgan fingerprint density at radius 3 is 0.951 bits per heavy atom. The minimum atomic E-state index is -0.778. The minimum absolute atomic E-state index is 0.0771. The first-order valence-electron chi connectivity index (χ1n) is 26.5. The van der Waals surface area contributed by atoms with E-state index >= 15 is 0 Å². The summed E-state index contributed by atoms with van der Waals surface area (Å²) < 4.78 is 16.8. The Hall–Kier alpha value is -2.37. The number of rotatable bonds is 48. The molecule has 0 aliphatic rings. The lowest BCUT2D eigenvalue weighted by Crippen LogP contribution is -2.30. The van der Waals surface area contributed by atoms with E-state index in [1.54, 1.807) is 0 Å². The van der Waals surface area contributed by atoms with Gasteiger partial charge in [0.15, 0.2) is 6.10 Å². The topological polar surface area (TPSA) is 78.9 Å². The summed E-state index contributed by atoms with van der Waals surface area (Å²) >= 11 is 0. The highest BCUT2D eigenvalue weighted by Crippen LogP contribution is 2.16. The van der Waals surface area contributed by atoms with Crippen LogP contribution in [0.2, 0.25) is 0 Å². The van der Waals surface area contributed by atoms with Gasteiger partial charge in [0.1, 0.15) is 13.2 Å². The summed E-state index contributed by atoms with van der Waals surface area (Å²) in [5.41, 5.74) is 0. The molecule has 0 bridgehead atoms. The van der Waals surface area contributed by atoms with Crippen molar-refractivity contribution in [1.29, 1.82) is 0 Å². The van der Waals surface area contributed by atoms with Crippen molar-refractivity contribution in [2.75, 3.05) is 13.2 Å². The molecular formula is C55H100O6. The van der Waals surface area contributed by atoms with E-state index in [9.17, 15) is 14.4 Å². The van der Waals surface area contributed by atoms with Crippen LogP contribution in [0, 0.1) is 0 Å². The molecule has 0 N–H and O–H groups in total. The Morgan fingerprint density at radius 1 is 0.328 bits per heavy atom. The molecule has 0 fully saturated rings. The van der Waals surface area contributed by atoms with Crippen molar-refractivity contribution < 1.29 is 28.6 Å². The summed E-state index contributed by atoms with van der Waals surface area (Å²) in [6.45, 7) is 6.61. The van der Waals surface area contributed by atoms with Gasteiger partial charge in [0, 0.05) is 19.3 Å². The molecule has 0 aromatic rings. The van der Waals surface area contributed by atoms with Crippen LogP contribution in [0.15, 0.2) is 36.5 Å². The third kappa shape index (κ3) is 48.5. The van der Waals surface area contributed by atoms with Crippen LogP contribution in [-0.2, 0) is 28.6 Å². The van der Waals surface area contributed by atoms with Crippen molar-refractivity contribution >= 4 is 17.9 Å². The molecule has 0 spiro atoms. The minimum Gasteiger partial charge on any atom is -0.462 e. The van der Waals surface area contributed by atoms with Crippen LogP contribution < -0.4 is 0 Å². The maximum Gasteiger partial charge on any atom is 0.306 e. The predicted octanol–water partition coefficient (Wildman–Crippen LogP) is 17.3. The van der Waals surface area contributed by atoms with Gasteiger partial charge in [-0.1, -0.05) is 237 Å². The van der Waals surface area contributed by atoms with Crippen LogP contribution in [0.5, 0.6) is 0 Å². The molecule has 0 radical (unpaired) electrons. The zero-order valence-electron chi connectivity index (χ0n) is 40.7. The van der Waals surface area contributed by atoms with Gasteiger partial charge in [-0.3, -0.25) is 14.4 Å². The number of carbonyl (C=O) groups is 3. The van der Waals surface area contributed by atoms with Crippen LogP contribution >= 0.6 is 0 Å². The Bertz CT molecular complexity index is 985. The van der Waals surface area contributed by atoms with E-state index in [1.165, 1.54) is 154 Å². The monoisotopic (exact) mass is 857 g/mol. The fourth-order valence-electron chi connectivity index (χ4n) is 7.63. The molecule has 61 heavy (non-hydrogen) atoms. The quantitative estimate of drug-likeness (QED) is 0.0262. The molecule has 0 saturated carbocycles. The normalized spacial score (nSPS) is 11.8. The number of unbranched alkanes of at least 4 members (excludes halogenated alkanes) is 31. The molecule has 6 heteroatoms. The molecule has 0 heterocycles. The number of ether oxygens (including phenoxy) is 3. The lowest BCUT2D eigenvalue weighted by Gasteiger charge is -2.18. The second-order valence-corrected chi connectivity index (χ2v) is 17.8. The average Bonchev–Trinajstić information content (AvgIpc) is 3.26. The standard InChI is InChI=1S/C55H100O6/c1-4-7-10-13-16-19-22-25-26-27-28-31-34-37-40-43-46-49-55(58)61-52(50-59-53(56)47-44-41-38-35-32-29-23-20-17-14-11-8-5-2)51-60-54(57)48-45-42-39-36-33-30-24-21-18-15-12-9-6-3/h16,19,25-26,28,31,52H,4-15,17-18,20-24,27,29-30,32-51H2,1-3H3/b19-16-,26-25-,31-28-. The van der Waals surface area contributed by atoms with Gasteiger partial charge in [-0.15, -0.1) is 0 Å². The highest BCUT2D eigenvalue weighted by molar-refractivity contribution is 5.71. The van der Waals surface area contributed by atoms with Crippen molar-refractivity contribution in [3.63, 3.8) is 0 Å². The third-order valence-corrected chi connectivity index (χ3v) is 11.6. The fourth-order valence-corrected chi connectivity index (χ4v) is 7.63. The van der Waals surface area contributed by atoms with E-state index in [-0.39, 0.29) is 31.1 Å². The number of allylic oxidation sites excluding steroid dienone is 6. The largest absolute Gasteiger partial charge is 0.462 e. The van der Waals surface area contributed by atoms with Gasteiger partial charge in [-0.2, -0.15) is 0 Å². The first kappa shape index (κ1) is 58.6. The van der Waals surface area contributed by atoms with Crippen LogP contribution in [0.25, 0.3) is 0 Å². The Labute approximate surface area is 378 Å². The first-order valence-corrected chi connectivity index (χ1v) is 26.5. The van der Waals surface area contributed by atoms with E-state index in [2.05, 4.69) is 57.2 Å². The van der Waals surface area contributed by atoms with E-state index in [4.69, 9.17) is 14.2 Å². The number of carbonyl (C=O) groups excluding carboxylic acids is 3. The van der Waals surface area contributed by atoms with Gasteiger partial charge >= 0.3 is 17.9 Å². The van der Waals surface area contributed by atoms with E-state index in [1.807, 2.05) is 0 Å². The molecule has 0 saturated heterocycles. The molecule has 0 rings (SSSR count). The zero-order chi connectivity index (χ0) is 44.4. The van der Waals surface area contributed by atoms with Crippen LogP contribution in [0.4, 0.5) is 0 Å². The van der Waals surface area contributed by atoms with Crippen molar-refractivity contribution in [2.45, 2.75) is 284 Å². The maximum atomic E-state index is 12.8. The van der Waals surface area contributed by atoms with Crippen molar-refractivity contribution in [3.05, 3.63) is 36.5 Å². The summed E-state index contributed by atoms with van der Waals surface area (Å²) in [6, 6.07) is 0. The fraction of sp³-hybridized carbons (Fsp3) is 0.836. The number of hydrogen-bond donors (Lipinski definition) is 0. The molecule has 0 aromatic carbocycles. The van der Waals surface area contributed by atoms with Crippen LogP contribution in [-0.4, -0.2) is 37.2 Å². The summed E-state index contributed by atoms with van der Waals surface area (Å²) in [7, 11) is 0. The smallest absolute Gasteiger partial charge is 0.306 e. The third-order valence-electron chi connectivity index (χ3n) is 11.6. The molecule has 6 nitrogen and oxygen atoms in total. The van der Waals surface area contributed by atoms with E-state index < -0.39 is 6.10 Å². The highest BCUT2D eigenvalue weighted by atomic mass is 16.6. The lowest BCUT2D eigenvalue weighted by molar-refractivity contribution is -0.167. The summed E-state index contributed by atoms with van der Waals surface area (Å²) in [6.07, 6.45) is 58.3. The lowest BCUT2D eigenvalue weighted by atomic mass is 10.0. The summed E-state index contributed by atoms with van der Waals surface area (Å²) in [4.78, 5) is 38.0. The van der Waals surface area contributed by atoms with Gasteiger partial charge < -0.3 is 14.2 Å². The number of esters is 3. The maximum absolute atomic E-state index is 12.8. The van der Waals surface area contributed by atoms with Gasteiger partial charge in [0.25, 0.3) is 0 Å². The van der Waals surface area contributed by atoms with E-state index in [0.29, 0.717) is 19.3 Å². The van der Waals surface area contributed by atoms with E-state index in [0.717, 1.165) is 83.5 Å². The molecule has 0 unspecified atom stereocenters. The first-order chi connectivity index (χ1) is 30.0. The number of hydrogen-bond acceptors (Lipinski definition) is 6. The van der Waals surface area contributed by atoms with Crippen molar-refractivity contribution in [2.24, 2.45) is 0 Å². The molecule has 0 aliphatic heterocycles. The zero-order valence-corrected chi connectivity index (χ0v) is 40.7. The highest BCUT2D eigenvalue weighted by Gasteiger charge is 2.19. The average molecular weight is 857 g/mol. The van der Waals surface area contributed by atoms with Crippen LogP contribution in [0.1, 0.15) is 278 Å².